The van der Waals surface area contributed by atoms with Crippen LogP contribution in [0.1, 0.15) is 25.1 Å². The van der Waals surface area contributed by atoms with Gasteiger partial charge in [-0.1, -0.05) is 0 Å². The van der Waals surface area contributed by atoms with Gasteiger partial charge in [0.2, 0.25) is 18.6 Å². The molecule has 1 aromatic carbocycles. The highest BCUT2D eigenvalue weighted by atomic mass is 16.7. The van der Waals surface area contributed by atoms with Gasteiger partial charge in [-0.2, -0.15) is 0 Å². The first-order chi connectivity index (χ1) is 12.5. The summed E-state index contributed by atoms with van der Waals surface area (Å²) in [6.07, 6.45) is 1.78. The first kappa shape index (κ1) is 16.5. The van der Waals surface area contributed by atoms with Gasteiger partial charge in [-0.05, 0) is 31.2 Å². The molecule has 2 aliphatic heterocycles. The number of ether oxygens (including phenoxy) is 2. The van der Waals surface area contributed by atoms with E-state index in [1.54, 1.807) is 41.3 Å². The Kier molecular flexibility index (Phi) is 4.06. The zero-order chi connectivity index (χ0) is 18.3. The van der Waals surface area contributed by atoms with Crippen LogP contribution in [0.15, 0.2) is 41.0 Å². The lowest BCUT2D eigenvalue weighted by Crippen LogP contribution is -2.36. The molecule has 4 rings (SSSR count). The van der Waals surface area contributed by atoms with Crippen molar-refractivity contribution in [3.8, 4) is 11.5 Å². The number of furan rings is 1. The van der Waals surface area contributed by atoms with E-state index >= 15 is 0 Å². The van der Waals surface area contributed by atoms with E-state index in [1.165, 1.54) is 0 Å². The summed E-state index contributed by atoms with van der Waals surface area (Å²) in [6, 6.07) is 8.82. The lowest BCUT2D eigenvalue weighted by Gasteiger charge is -2.26. The second-order valence-corrected chi connectivity index (χ2v) is 6.58. The summed E-state index contributed by atoms with van der Waals surface area (Å²) in [5, 5.41) is 0. The standard InChI is InChI=1S/C19H20N2O5/c1-12(15-4-3-7-24-15)20(2)19(23)13-8-18(22)21(10-13)14-5-6-16-17(9-14)26-11-25-16/h3-7,9,12-13H,8,10-11H2,1-2H3. The quantitative estimate of drug-likeness (QED) is 0.842. The Hall–Kier alpha value is -2.96. The van der Waals surface area contributed by atoms with E-state index in [9.17, 15) is 9.59 Å². The van der Waals surface area contributed by atoms with E-state index in [4.69, 9.17) is 13.9 Å². The second kappa shape index (κ2) is 6.40. The average molecular weight is 356 g/mol. The summed E-state index contributed by atoms with van der Waals surface area (Å²) in [5.41, 5.74) is 0.719. The van der Waals surface area contributed by atoms with Gasteiger partial charge in [-0.25, -0.2) is 0 Å². The molecule has 0 bridgehead atoms. The van der Waals surface area contributed by atoms with Crippen LogP contribution in [0.25, 0.3) is 0 Å². The molecule has 0 aliphatic carbocycles. The number of fused-ring (bicyclic) bond motifs is 1. The van der Waals surface area contributed by atoms with Crippen LogP contribution in [0, 0.1) is 5.92 Å². The van der Waals surface area contributed by atoms with Gasteiger partial charge in [-0.15, -0.1) is 0 Å². The molecule has 26 heavy (non-hydrogen) atoms. The molecular weight excluding hydrogens is 336 g/mol. The lowest BCUT2D eigenvalue weighted by molar-refractivity contribution is -0.136. The van der Waals surface area contributed by atoms with E-state index in [1.807, 2.05) is 19.1 Å². The van der Waals surface area contributed by atoms with Crippen LogP contribution in [0.5, 0.6) is 11.5 Å². The topological polar surface area (TPSA) is 72.2 Å². The van der Waals surface area contributed by atoms with Gasteiger partial charge >= 0.3 is 0 Å². The maximum absolute atomic E-state index is 12.9. The SMILES string of the molecule is CC(c1ccco1)N(C)C(=O)C1CC(=O)N(c2ccc3c(c2)OCO3)C1. The number of benzene rings is 1. The molecule has 2 atom stereocenters. The number of carbonyl (C=O) groups excluding carboxylic acids is 2. The minimum atomic E-state index is -0.379. The van der Waals surface area contributed by atoms with E-state index in [0.717, 1.165) is 11.4 Å². The molecular formula is C19H20N2O5. The van der Waals surface area contributed by atoms with Gasteiger partial charge in [0.05, 0.1) is 18.2 Å². The molecule has 2 aromatic rings. The number of amides is 2. The number of carbonyl (C=O) groups is 2. The molecule has 2 unspecified atom stereocenters. The van der Waals surface area contributed by atoms with Gasteiger partial charge < -0.3 is 23.7 Å². The van der Waals surface area contributed by atoms with Gasteiger partial charge in [-0.3, -0.25) is 9.59 Å². The number of nitrogens with zero attached hydrogens (tertiary/aromatic N) is 2. The third-order valence-electron chi connectivity index (χ3n) is 5.03. The molecule has 136 valence electrons. The van der Waals surface area contributed by atoms with E-state index in [-0.39, 0.29) is 37.0 Å². The minimum Gasteiger partial charge on any atom is -0.467 e. The van der Waals surface area contributed by atoms with Gasteiger partial charge in [0.1, 0.15) is 5.76 Å². The summed E-state index contributed by atoms with van der Waals surface area (Å²) in [4.78, 5) is 28.6. The molecule has 2 aliphatic rings. The predicted molar refractivity (Wildman–Crippen MR) is 92.9 cm³/mol. The van der Waals surface area contributed by atoms with E-state index in [2.05, 4.69) is 0 Å². The molecule has 7 heteroatoms. The summed E-state index contributed by atoms with van der Waals surface area (Å²) in [7, 11) is 1.74. The average Bonchev–Trinajstić information content (AvgIpc) is 3.39. The summed E-state index contributed by atoms with van der Waals surface area (Å²) >= 11 is 0. The number of hydrogen-bond donors (Lipinski definition) is 0. The fourth-order valence-corrected chi connectivity index (χ4v) is 3.37. The van der Waals surface area contributed by atoms with Crippen molar-refractivity contribution >= 4 is 17.5 Å². The molecule has 0 radical (unpaired) electrons. The van der Waals surface area contributed by atoms with Crippen molar-refractivity contribution in [1.82, 2.24) is 4.90 Å². The van der Waals surface area contributed by atoms with E-state index < -0.39 is 0 Å². The number of hydrogen-bond acceptors (Lipinski definition) is 5. The van der Waals surface area contributed by atoms with Crippen LogP contribution in [0.4, 0.5) is 5.69 Å². The molecule has 3 heterocycles. The Morgan fingerprint density at radius 2 is 2.08 bits per heavy atom. The van der Waals surface area contributed by atoms with Crippen molar-refractivity contribution in [1.29, 1.82) is 0 Å². The molecule has 1 fully saturated rings. The smallest absolute Gasteiger partial charge is 0.231 e. The van der Waals surface area contributed by atoms with Crippen LogP contribution in [-0.2, 0) is 9.59 Å². The third kappa shape index (κ3) is 2.79. The third-order valence-corrected chi connectivity index (χ3v) is 5.03. The maximum atomic E-state index is 12.9. The Bertz CT molecular complexity index is 832. The zero-order valence-electron chi connectivity index (χ0n) is 14.7. The van der Waals surface area contributed by atoms with Crippen molar-refractivity contribution in [2.45, 2.75) is 19.4 Å². The fraction of sp³-hybridized carbons (Fsp3) is 0.368. The van der Waals surface area contributed by atoms with Crippen molar-refractivity contribution in [3.05, 3.63) is 42.4 Å². The lowest BCUT2D eigenvalue weighted by atomic mass is 10.1. The predicted octanol–water partition coefficient (Wildman–Crippen LogP) is 2.58. The zero-order valence-corrected chi connectivity index (χ0v) is 14.7. The Morgan fingerprint density at radius 1 is 1.27 bits per heavy atom. The van der Waals surface area contributed by atoms with Crippen LogP contribution >= 0.6 is 0 Å². The molecule has 0 N–H and O–H groups in total. The number of rotatable bonds is 4. The molecule has 1 saturated heterocycles. The van der Waals surface area contributed by atoms with Crippen LogP contribution in [-0.4, -0.2) is 37.1 Å². The summed E-state index contributed by atoms with van der Waals surface area (Å²) in [5.74, 6) is 1.49. The molecule has 0 spiro atoms. The van der Waals surface area contributed by atoms with Crippen molar-refractivity contribution < 1.29 is 23.5 Å². The number of anilines is 1. The summed E-state index contributed by atoms with van der Waals surface area (Å²) < 4.78 is 16.1. The normalized spacial score (nSPS) is 19.7. The van der Waals surface area contributed by atoms with Gasteiger partial charge in [0, 0.05) is 31.8 Å². The van der Waals surface area contributed by atoms with Gasteiger partial charge in [0.25, 0.3) is 0 Å². The van der Waals surface area contributed by atoms with Crippen LogP contribution in [0.3, 0.4) is 0 Å². The van der Waals surface area contributed by atoms with Crippen molar-refractivity contribution in [2.24, 2.45) is 5.92 Å². The minimum absolute atomic E-state index is 0.0644. The van der Waals surface area contributed by atoms with Crippen molar-refractivity contribution in [2.75, 3.05) is 25.3 Å². The highest BCUT2D eigenvalue weighted by molar-refractivity contribution is 6.00. The maximum Gasteiger partial charge on any atom is 0.231 e. The molecule has 0 saturated carbocycles. The largest absolute Gasteiger partial charge is 0.467 e. The Morgan fingerprint density at radius 3 is 2.85 bits per heavy atom. The Balaban J connectivity index is 1.48. The fourth-order valence-electron chi connectivity index (χ4n) is 3.37. The first-order valence-corrected chi connectivity index (χ1v) is 8.54. The monoisotopic (exact) mass is 356 g/mol. The second-order valence-electron chi connectivity index (χ2n) is 6.58. The van der Waals surface area contributed by atoms with Crippen LogP contribution < -0.4 is 14.4 Å². The molecule has 1 aromatic heterocycles. The van der Waals surface area contributed by atoms with Crippen LogP contribution in [0.2, 0.25) is 0 Å². The van der Waals surface area contributed by atoms with Crippen molar-refractivity contribution in [3.63, 3.8) is 0 Å². The Labute approximate surface area is 151 Å². The highest BCUT2D eigenvalue weighted by Gasteiger charge is 2.38. The molecule has 7 nitrogen and oxygen atoms in total. The first-order valence-electron chi connectivity index (χ1n) is 8.54. The van der Waals surface area contributed by atoms with Gasteiger partial charge in [0.15, 0.2) is 11.5 Å². The highest BCUT2D eigenvalue weighted by Crippen LogP contribution is 2.37. The molecule has 2 amide bonds. The van der Waals surface area contributed by atoms with E-state index in [0.29, 0.717) is 18.0 Å². The summed E-state index contributed by atoms with van der Waals surface area (Å²) in [6.45, 7) is 2.44.